The second-order valence-electron chi connectivity index (χ2n) is 3.30. The Labute approximate surface area is 86.8 Å². The Kier molecular flexibility index (Phi) is 2.51. The van der Waals surface area contributed by atoms with Gasteiger partial charge in [-0.15, -0.1) is 0 Å². The van der Waals surface area contributed by atoms with E-state index in [4.69, 9.17) is 5.11 Å². The Morgan fingerprint density at radius 3 is 2.73 bits per heavy atom. The van der Waals surface area contributed by atoms with Gasteiger partial charge in [-0.05, 0) is 12.1 Å². The highest BCUT2D eigenvalue weighted by atomic mass is 19.1. The molecule has 1 aromatic carbocycles. The first-order chi connectivity index (χ1) is 7.22. The normalized spacial score (nSPS) is 10.6. The average molecular weight is 206 g/mol. The lowest BCUT2D eigenvalue weighted by Gasteiger charge is -2.01. The summed E-state index contributed by atoms with van der Waals surface area (Å²) < 4.78 is 15.2. The highest BCUT2D eigenvalue weighted by Crippen LogP contribution is 2.21. The van der Waals surface area contributed by atoms with Gasteiger partial charge < -0.3 is 9.67 Å². The van der Waals surface area contributed by atoms with E-state index in [2.05, 4.69) is 4.98 Å². The van der Waals surface area contributed by atoms with Gasteiger partial charge in [-0.1, -0.05) is 12.1 Å². The summed E-state index contributed by atoms with van der Waals surface area (Å²) >= 11 is 0. The molecule has 0 aliphatic rings. The van der Waals surface area contributed by atoms with Crippen molar-refractivity contribution in [2.75, 3.05) is 0 Å². The molecule has 1 aromatic heterocycles. The van der Waals surface area contributed by atoms with Crippen molar-refractivity contribution in [3.8, 4) is 11.4 Å². The van der Waals surface area contributed by atoms with Crippen LogP contribution >= 0.6 is 0 Å². The molecule has 0 aliphatic heterocycles. The average Bonchev–Trinajstić information content (AvgIpc) is 2.60. The van der Waals surface area contributed by atoms with Crippen molar-refractivity contribution in [2.45, 2.75) is 6.61 Å². The van der Waals surface area contributed by atoms with Crippen LogP contribution in [0.3, 0.4) is 0 Å². The van der Waals surface area contributed by atoms with E-state index >= 15 is 0 Å². The minimum atomic E-state index is -0.310. The zero-order valence-corrected chi connectivity index (χ0v) is 8.31. The fourth-order valence-corrected chi connectivity index (χ4v) is 1.50. The Morgan fingerprint density at radius 2 is 2.13 bits per heavy atom. The molecule has 0 fully saturated rings. The molecule has 1 heterocycles. The number of hydrogen-bond acceptors (Lipinski definition) is 2. The van der Waals surface area contributed by atoms with Gasteiger partial charge in [0.25, 0.3) is 0 Å². The van der Waals surface area contributed by atoms with Crippen molar-refractivity contribution in [3.05, 3.63) is 42.0 Å². The molecule has 3 nitrogen and oxygen atoms in total. The maximum Gasteiger partial charge on any atom is 0.143 e. The van der Waals surface area contributed by atoms with Crippen LogP contribution in [0.4, 0.5) is 4.39 Å². The van der Waals surface area contributed by atoms with E-state index in [1.807, 2.05) is 0 Å². The molecule has 4 heteroatoms. The summed E-state index contributed by atoms with van der Waals surface area (Å²) in [5, 5.41) is 8.92. The third kappa shape index (κ3) is 1.76. The number of benzene rings is 1. The minimum Gasteiger partial charge on any atom is -0.390 e. The predicted octanol–water partition coefficient (Wildman–Crippen LogP) is 1.72. The molecule has 0 radical (unpaired) electrons. The van der Waals surface area contributed by atoms with Gasteiger partial charge in [0.05, 0.1) is 17.9 Å². The molecular formula is C11H11FN2O. The van der Waals surface area contributed by atoms with Crippen LogP contribution in [-0.2, 0) is 13.7 Å². The number of halogens is 1. The van der Waals surface area contributed by atoms with Crippen molar-refractivity contribution in [1.29, 1.82) is 0 Å². The van der Waals surface area contributed by atoms with Crippen molar-refractivity contribution in [3.63, 3.8) is 0 Å². The zero-order chi connectivity index (χ0) is 10.8. The number of aliphatic hydroxyl groups is 1. The maximum absolute atomic E-state index is 13.5. The fraction of sp³-hybridized carbons (Fsp3) is 0.182. The van der Waals surface area contributed by atoms with Gasteiger partial charge in [0, 0.05) is 13.2 Å². The summed E-state index contributed by atoms with van der Waals surface area (Å²) in [6, 6.07) is 6.45. The number of hydrogen-bond donors (Lipinski definition) is 1. The van der Waals surface area contributed by atoms with Crippen molar-refractivity contribution in [1.82, 2.24) is 9.55 Å². The van der Waals surface area contributed by atoms with Crippen molar-refractivity contribution >= 4 is 0 Å². The van der Waals surface area contributed by atoms with Crippen LogP contribution in [0.25, 0.3) is 11.4 Å². The van der Waals surface area contributed by atoms with Gasteiger partial charge in [0.2, 0.25) is 0 Å². The zero-order valence-electron chi connectivity index (χ0n) is 8.31. The summed E-state index contributed by atoms with van der Waals surface area (Å²) in [7, 11) is 1.77. The molecule has 0 saturated carbocycles. The molecule has 78 valence electrons. The van der Waals surface area contributed by atoms with E-state index in [0.717, 1.165) is 0 Å². The first kappa shape index (κ1) is 9.86. The molecule has 0 spiro atoms. The Morgan fingerprint density at radius 1 is 1.40 bits per heavy atom. The lowest BCUT2D eigenvalue weighted by molar-refractivity contribution is 0.277. The van der Waals surface area contributed by atoms with Gasteiger partial charge in [0.1, 0.15) is 11.6 Å². The van der Waals surface area contributed by atoms with E-state index < -0.39 is 0 Å². The Bertz CT molecular complexity index is 479. The van der Waals surface area contributed by atoms with Gasteiger partial charge >= 0.3 is 0 Å². The maximum atomic E-state index is 13.5. The number of imidazole rings is 1. The number of aryl methyl sites for hydroxylation is 1. The van der Waals surface area contributed by atoms with E-state index in [-0.39, 0.29) is 12.4 Å². The SMILES string of the molecule is Cn1cc(CO)nc1-c1ccccc1F. The molecule has 0 aliphatic carbocycles. The number of aromatic nitrogens is 2. The van der Waals surface area contributed by atoms with E-state index in [0.29, 0.717) is 17.1 Å². The summed E-state index contributed by atoms with van der Waals surface area (Å²) in [5.74, 6) is 0.216. The molecule has 0 unspecified atom stereocenters. The first-order valence-electron chi connectivity index (χ1n) is 4.60. The molecular weight excluding hydrogens is 195 g/mol. The monoisotopic (exact) mass is 206 g/mol. The van der Waals surface area contributed by atoms with Gasteiger partial charge in [-0.2, -0.15) is 0 Å². The van der Waals surface area contributed by atoms with Crippen LogP contribution in [-0.4, -0.2) is 14.7 Å². The highest BCUT2D eigenvalue weighted by molar-refractivity contribution is 5.56. The summed E-state index contributed by atoms with van der Waals surface area (Å²) in [5.41, 5.74) is 0.982. The van der Waals surface area contributed by atoms with Crippen LogP contribution in [0.5, 0.6) is 0 Å². The summed E-state index contributed by atoms with van der Waals surface area (Å²) in [6.07, 6.45) is 1.68. The number of rotatable bonds is 2. The smallest absolute Gasteiger partial charge is 0.143 e. The summed E-state index contributed by atoms with van der Waals surface area (Å²) in [4.78, 5) is 4.13. The molecule has 2 rings (SSSR count). The predicted molar refractivity (Wildman–Crippen MR) is 54.5 cm³/mol. The Balaban J connectivity index is 2.54. The highest BCUT2D eigenvalue weighted by Gasteiger charge is 2.10. The molecule has 0 bridgehead atoms. The molecule has 1 N–H and O–H groups in total. The van der Waals surface area contributed by atoms with Gasteiger partial charge in [0.15, 0.2) is 0 Å². The van der Waals surface area contributed by atoms with Crippen LogP contribution < -0.4 is 0 Å². The molecule has 0 atom stereocenters. The quantitative estimate of drug-likeness (QED) is 0.812. The number of nitrogens with zero attached hydrogens (tertiary/aromatic N) is 2. The minimum absolute atomic E-state index is 0.137. The fourth-order valence-electron chi connectivity index (χ4n) is 1.50. The molecule has 2 aromatic rings. The third-order valence-corrected chi connectivity index (χ3v) is 2.20. The molecule has 0 saturated heterocycles. The number of aliphatic hydroxyl groups excluding tert-OH is 1. The van der Waals surface area contributed by atoms with Crippen LogP contribution in [0, 0.1) is 5.82 Å². The van der Waals surface area contributed by atoms with E-state index in [9.17, 15) is 4.39 Å². The standard InChI is InChI=1S/C11H11FN2O/c1-14-6-8(7-15)13-11(14)9-4-2-3-5-10(9)12/h2-6,15H,7H2,1H3. The van der Waals surface area contributed by atoms with Crippen molar-refractivity contribution in [2.24, 2.45) is 7.05 Å². The lowest BCUT2D eigenvalue weighted by Crippen LogP contribution is -1.93. The van der Waals surface area contributed by atoms with E-state index in [1.165, 1.54) is 6.07 Å². The van der Waals surface area contributed by atoms with E-state index in [1.54, 1.807) is 36.0 Å². The lowest BCUT2D eigenvalue weighted by atomic mass is 10.2. The van der Waals surface area contributed by atoms with Crippen LogP contribution in [0.1, 0.15) is 5.69 Å². The molecule has 0 amide bonds. The van der Waals surface area contributed by atoms with Crippen LogP contribution in [0.15, 0.2) is 30.5 Å². The summed E-state index contributed by atoms with van der Waals surface area (Å²) in [6.45, 7) is -0.137. The van der Waals surface area contributed by atoms with Crippen LogP contribution in [0.2, 0.25) is 0 Å². The van der Waals surface area contributed by atoms with Crippen molar-refractivity contribution < 1.29 is 9.50 Å². The molecule has 15 heavy (non-hydrogen) atoms. The second kappa shape index (κ2) is 3.82. The van der Waals surface area contributed by atoms with Gasteiger partial charge in [-0.3, -0.25) is 0 Å². The largest absolute Gasteiger partial charge is 0.390 e. The van der Waals surface area contributed by atoms with Gasteiger partial charge in [-0.25, -0.2) is 9.37 Å². The third-order valence-electron chi connectivity index (χ3n) is 2.20. The first-order valence-corrected chi connectivity index (χ1v) is 4.60. The topological polar surface area (TPSA) is 38.0 Å². The second-order valence-corrected chi connectivity index (χ2v) is 3.30. The Hall–Kier alpha value is -1.68.